The van der Waals surface area contributed by atoms with Crippen molar-refractivity contribution in [3.8, 4) is 5.75 Å². The van der Waals surface area contributed by atoms with Crippen LogP contribution in [0.3, 0.4) is 0 Å². The molecule has 0 aliphatic carbocycles. The maximum atomic E-state index is 5.33. The van der Waals surface area contributed by atoms with Crippen molar-refractivity contribution in [3.63, 3.8) is 0 Å². The van der Waals surface area contributed by atoms with Gasteiger partial charge in [0.05, 0.1) is 6.61 Å². The summed E-state index contributed by atoms with van der Waals surface area (Å²) in [7, 11) is 0. The van der Waals surface area contributed by atoms with Crippen LogP contribution in [0, 0.1) is 0 Å². The average molecular weight is 227 g/mol. The maximum absolute atomic E-state index is 5.33. The second-order valence-corrected chi connectivity index (χ2v) is 3.17. The van der Waals surface area contributed by atoms with Crippen LogP contribution < -0.4 is 4.74 Å². The quantitative estimate of drug-likeness (QED) is 0.767. The first-order valence-corrected chi connectivity index (χ1v) is 4.62. The minimum Gasteiger partial charge on any atom is -0.494 e. The van der Waals surface area contributed by atoms with Crippen molar-refractivity contribution in [2.45, 2.75) is 6.92 Å². The van der Waals surface area contributed by atoms with Crippen LogP contribution in [0.2, 0.25) is 0 Å². The van der Waals surface area contributed by atoms with Gasteiger partial charge < -0.3 is 4.74 Å². The highest BCUT2D eigenvalue weighted by molar-refractivity contribution is 9.10. The van der Waals surface area contributed by atoms with Gasteiger partial charge in [-0.05, 0) is 30.7 Å². The summed E-state index contributed by atoms with van der Waals surface area (Å²) in [4.78, 5) is 0. The Kier molecular flexibility index (Phi) is 3.35. The molecule has 1 aromatic carbocycles. The van der Waals surface area contributed by atoms with E-state index in [1.807, 2.05) is 25.1 Å². The van der Waals surface area contributed by atoms with Crippen molar-refractivity contribution in [3.05, 3.63) is 34.8 Å². The molecule has 0 amide bonds. The lowest BCUT2D eigenvalue weighted by atomic mass is 10.2. The minimum absolute atomic E-state index is 0.693. The van der Waals surface area contributed by atoms with E-state index in [1.54, 1.807) is 6.08 Å². The molecule has 0 N–H and O–H groups in total. The topological polar surface area (TPSA) is 9.23 Å². The lowest BCUT2D eigenvalue weighted by molar-refractivity contribution is 0.340. The number of hydrogen-bond acceptors (Lipinski definition) is 1. The molecule has 0 atom stereocenters. The van der Waals surface area contributed by atoms with E-state index < -0.39 is 0 Å². The molecule has 2 heteroatoms. The first-order valence-electron chi connectivity index (χ1n) is 3.82. The fraction of sp³-hybridized carbons (Fsp3) is 0.200. The van der Waals surface area contributed by atoms with Gasteiger partial charge in [0.15, 0.2) is 0 Å². The van der Waals surface area contributed by atoms with Crippen molar-refractivity contribution in [1.29, 1.82) is 0 Å². The molecule has 0 unspecified atom stereocenters. The van der Waals surface area contributed by atoms with Crippen molar-refractivity contribution in [2.24, 2.45) is 0 Å². The van der Waals surface area contributed by atoms with Crippen LogP contribution in [0.1, 0.15) is 12.5 Å². The van der Waals surface area contributed by atoms with Gasteiger partial charge >= 0.3 is 0 Å². The molecule has 0 fully saturated rings. The average Bonchev–Trinajstić information content (AvgIpc) is 2.09. The largest absolute Gasteiger partial charge is 0.494 e. The van der Waals surface area contributed by atoms with E-state index in [-0.39, 0.29) is 0 Å². The molecule has 0 bridgehead atoms. The van der Waals surface area contributed by atoms with Crippen LogP contribution >= 0.6 is 15.9 Å². The fourth-order valence-electron chi connectivity index (χ4n) is 0.935. The Labute approximate surface area is 81.2 Å². The van der Waals surface area contributed by atoms with Gasteiger partial charge in [0.25, 0.3) is 0 Å². The summed E-state index contributed by atoms with van der Waals surface area (Å²) >= 11 is 3.41. The van der Waals surface area contributed by atoms with E-state index in [2.05, 4.69) is 22.5 Å². The van der Waals surface area contributed by atoms with Crippen molar-refractivity contribution < 1.29 is 4.74 Å². The molecule has 12 heavy (non-hydrogen) atoms. The van der Waals surface area contributed by atoms with Crippen LogP contribution in [0.25, 0.3) is 6.08 Å². The monoisotopic (exact) mass is 226 g/mol. The lowest BCUT2D eigenvalue weighted by Crippen LogP contribution is -1.91. The third-order valence-electron chi connectivity index (χ3n) is 1.50. The molecular formula is C10H11BrO. The molecular weight excluding hydrogens is 216 g/mol. The molecule has 0 spiro atoms. The van der Waals surface area contributed by atoms with E-state index >= 15 is 0 Å². The molecule has 64 valence electrons. The Morgan fingerprint density at radius 1 is 1.58 bits per heavy atom. The van der Waals surface area contributed by atoms with Crippen molar-refractivity contribution >= 4 is 22.0 Å². The molecule has 0 saturated carbocycles. The molecule has 1 aromatic rings. The van der Waals surface area contributed by atoms with Crippen LogP contribution in [0.5, 0.6) is 5.75 Å². The molecule has 1 rings (SSSR count). The van der Waals surface area contributed by atoms with Gasteiger partial charge in [-0.1, -0.05) is 28.6 Å². The highest BCUT2D eigenvalue weighted by Gasteiger charge is 1.97. The zero-order valence-electron chi connectivity index (χ0n) is 7.01. The zero-order valence-corrected chi connectivity index (χ0v) is 8.60. The summed E-state index contributed by atoms with van der Waals surface area (Å²) in [6.45, 7) is 6.37. The fourth-order valence-corrected chi connectivity index (χ4v) is 1.34. The summed E-state index contributed by atoms with van der Waals surface area (Å²) in [6, 6.07) is 5.85. The summed E-state index contributed by atoms with van der Waals surface area (Å²) in [5, 5.41) is 0. The first-order chi connectivity index (χ1) is 5.77. The third-order valence-corrected chi connectivity index (χ3v) is 2.22. The van der Waals surface area contributed by atoms with Gasteiger partial charge in [0.2, 0.25) is 0 Å². The molecule has 0 aliphatic heterocycles. The van der Waals surface area contributed by atoms with Crippen LogP contribution in [0.15, 0.2) is 29.3 Å². The first kappa shape index (κ1) is 9.33. The van der Waals surface area contributed by atoms with E-state index in [9.17, 15) is 0 Å². The summed E-state index contributed by atoms with van der Waals surface area (Å²) < 4.78 is 6.38. The van der Waals surface area contributed by atoms with E-state index in [1.165, 1.54) is 0 Å². The van der Waals surface area contributed by atoms with Crippen molar-refractivity contribution in [1.82, 2.24) is 0 Å². The van der Waals surface area contributed by atoms with Crippen LogP contribution in [-0.2, 0) is 0 Å². The number of rotatable bonds is 3. The van der Waals surface area contributed by atoms with Gasteiger partial charge in [-0.25, -0.2) is 0 Å². The maximum Gasteiger partial charge on any atom is 0.119 e. The third kappa shape index (κ3) is 2.11. The SMILES string of the molecule is C=Cc1cc(OCC)ccc1Br. The van der Waals surface area contributed by atoms with E-state index in [4.69, 9.17) is 4.74 Å². The Morgan fingerprint density at radius 3 is 2.92 bits per heavy atom. The molecule has 0 aliphatic rings. The molecule has 0 radical (unpaired) electrons. The predicted molar refractivity (Wildman–Crippen MR) is 55.4 cm³/mol. The Bertz CT molecular complexity index is 281. The van der Waals surface area contributed by atoms with Crippen LogP contribution in [0.4, 0.5) is 0 Å². The van der Waals surface area contributed by atoms with Crippen LogP contribution in [-0.4, -0.2) is 6.61 Å². The summed E-state index contributed by atoms with van der Waals surface area (Å²) in [6.07, 6.45) is 1.80. The minimum atomic E-state index is 0.693. The van der Waals surface area contributed by atoms with E-state index in [0.717, 1.165) is 15.8 Å². The number of ether oxygens (including phenoxy) is 1. The van der Waals surface area contributed by atoms with Gasteiger partial charge in [0, 0.05) is 4.47 Å². The highest BCUT2D eigenvalue weighted by Crippen LogP contribution is 2.23. The summed E-state index contributed by atoms with van der Waals surface area (Å²) in [5.41, 5.74) is 1.06. The smallest absolute Gasteiger partial charge is 0.119 e. The summed E-state index contributed by atoms with van der Waals surface area (Å²) in [5.74, 6) is 0.885. The molecule has 0 saturated heterocycles. The van der Waals surface area contributed by atoms with Gasteiger partial charge in [-0.3, -0.25) is 0 Å². The molecule has 0 aromatic heterocycles. The lowest BCUT2D eigenvalue weighted by Gasteiger charge is -2.04. The molecule has 1 nitrogen and oxygen atoms in total. The Morgan fingerprint density at radius 2 is 2.33 bits per heavy atom. The standard InChI is InChI=1S/C10H11BrO/c1-3-8-7-9(12-4-2)5-6-10(8)11/h3,5-7H,1,4H2,2H3. The van der Waals surface area contributed by atoms with E-state index in [0.29, 0.717) is 6.61 Å². The molecule has 0 heterocycles. The Hall–Kier alpha value is -0.760. The van der Waals surface area contributed by atoms with Gasteiger partial charge in [-0.15, -0.1) is 0 Å². The van der Waals surface area contributed by atoms with Gasteiger partial charge in [-0.2, -0.15) is 0 Å². The highest BCUT2D eigenvalue weighted by atomic mass is 79.9. The number of benzene rings is 1. The predicted octanol–water partition coefficient (Wildman–Crippen LogP) is 3.49. The van der Waals surface area contributed by atoms with Gasteiger partial charge in [0.1, 0.15) is 5.75 Å². The Balaban J connectivity index is 2.96. The number of hydrogen-bond donors (Lipinski definition) is 0. The zero-order chi connectivity index (χ0) is 8.97. The second kappa shape index (κ2) is 4.31. The number of halogens is 1. The second-order valence-electron chi connectivity index (χ2n) is 2.32. The van der Waals surface area contributed by atoms with Crippen molar-refractivity contribution in [2.75, 3.05) is 6.61 Å². The normalized spacial score (nSPS) is 9.50.